The first-order valence-electron chi connectivity index (χ1n) is 6.09. The predicted octanol–water partition coefficient (Wildman–Crippen LogP) is 2.59. The average Bonchev–Trinajstić information content (AvgIpc) is 2.84. The summed E-state index contributed by atoms with van der Waals surface area (Å²) in [6.07, 6.45) is -2.67. The van der Waals surface area contributed by atoms with Gasteiger partial charge in [-0.15, -0.1) is 0 Å². The number of hydrogen-bond acceptors (Lipinski definition) is 3. The summed E-state index contributed by atoms with van der Waals surface area (Å²) in [5.74, 6) is 0.413. The number of nitrogens with zero attached hydrogens (tertiary/aromatic N) is 1. The number of rotatable bonds is 4. The summed E-state index contributed by atoms with van der Waals surface area (Å²) in [6.45, 7) is 1.13. The van der Waals surface area contributed by atoms with Gasteiger partial charge in [0, 0.05) is 5.56 Å². The number of nitrogens with two attached hydrogens (primary N) is 1. The van der Waals surface area contributed by atoms with Crippen LogP contribution in [-0.2, 0) is 10.9 Å². The molecule has 1 heterocycles. The van der Waals surface area contributed by atoms with E-state index in [2.05, 4.69) is 4.99 Å². The Morgan fingerprint density at radius 3 is 2.53 bits per heavy atom. The zero-order valence-corrected chi connectivity index (χ0v) is 10.3. The van der Waals surface area contributed by atoms with Crippen LogP contribution in [0.1, 0.15) is 24.0 Å². The van der Waals surface area contributed by atoms with Crippen LogP contribution in [-0.4, -0.2) is 25.1 Å². The van der Waals surface area contributed by atoms with Gasteiger partial charge in [-0.05, 0) is 43.7 Å². The zero-order chi connectivity index (χ0) is 13.9. The first kappa shape index (κ1) is 13.9. The van der Waals surface area contributed by atoms with Gasteiger partial charge >= 0.3 is 6.18 Å². The van der Waals surface area contributed by atoms with Crippen LogP contribution < -0.4 is 5.73 Å². The Hall–Kier alpha value is -1.56. The molecule has 0 aliphatic carbocycles. The largest absolute Gasteiger partial charge is 0.472 e. The average molecular weight is 272 g/mol. The van der Waals surface area contributed by atoms with Gasteiger partial charge in [0.1, 0.15) is 6.10 Å². The monoisotopic (exact) mass is 272 g/mol. The lowest BCUT2D eigenvalue weighted by molar-refractivity contribution is -0.137. The van der Waals surface area contributed by atoms with Gasteiger partial charge in [0.2, 0.25) is 5.90 Å². The molecule has 1 atom stereocenters. The van der Waals surface area contributed by atoms with E-state index in [0.717, 1.165) is 25.0 Å². The summed E-state index contributed by atoms with van der Waals surface area (Å²) in [6, 6.07) is 4.84. The maximum Gasteiger partial charge on any atom is 0.416 e. The molecule has 1 unspecified atom stereocenters. The van der Waals surface area contributed by atoms with E-state index in [1.165, 1.54) is 12.1 Å². The molecule has 0 spiro atoms. The molecule has 3 nitrogen and oxygen atoms in total. The molecule has 0 radical (unpaired) electrons. The van der Waals surface area contributed by atoms with Crippen molar-refractivity contribution in [3.63, 3.8) is 0 Å². The van der Waals surface area contributed by atoms with Crippen molar-refractivity contribution in [2.24, 2.45) is 10.7 Å². The van der Waals surface area contributed by atoms with Crippen molar-refractivity contribution in [3.05, 3.63) is 35.4 Å². The SMILES string of the molecule is NCCCC1CN=C(c2ccc(C(F)(F)F)cc2)O1. The topological polar surface area (TPSA) is 47.6 Å². The number of aliphatic imine (C=N–C) groups is 1. The Morgan fingerprint density at radius 1 is 1.26 bits per heavy atom. The highest BCUT2D eigenvalue weighted by Gasteiger charge is 2.30. The fraction of sp³-hybridized carbons (Fsp3) is 0.462. The molecule has 0 saturated carbocycles. The first-order chi connectivity index (χ1) is 9.00. The fourth-order valence-electron chi connectivity index (χ4n) is 1.87. The maximum absolute atomic E-state index is 12.4. The third-order valence-corrected chi connectivity index (χ3v) is 2.91. The van der Waals surface area contributed by atoms with Crippen LogP contribution in [0.3, 0.4) is 0 Å². The standard InChI is InChI=1S/C13H15F3N2O/c14-13(15,16)10-5-3-9(4-6-10)12-18-8-11(19-12)2-1-7-17/h3-6,11H,1-2,7-8,17H2. The van der Waals surface area contributed by atoms with E-state index in [1.54, 1.807) is 0 Å². The molecule has 6 heteroatoms. The zero-order valence-electron chi connectivity index (χ0n) is 10.3. The second kappa shape index (κ2) is 5.61. The summed E-state index contributed by atoms with van der Waals surface area (Å²) >= 11 is 0. The predicted molar refractivity (Wildman–Crippen MR) is 66.0 cm³/mol. The van der Waals surface area contributed by atoms with Crippen molar-refractivity contribution in [3.8, 4) is 0 Å². The summed E-state index contributed by atoms with van der Waals surface area (Å²) in [7, 11) is 0. The van der Waals surface area contributed by atoms with Crippen molar-refractivity contribution in [2.75, 3.05) is 13.1 Å². The quantitative estimate of drug-likeness (QED) is 0.915. The lowest BCUT2D eigenvalue weighted by Gasteiger charge is -2.11. The molecule has 0 amide bonds. The molecule has 1 aromatic rings. The minimum absolute atomic E-state index is 0.0131. The Bertz CT molecular complexity index is 454. The van der Waals surface area contributed by atoms with Crippen LogP contribution in [0.15, 0.2) is 29.3 Å². The number of hydrogen-bond donors (Lipinski definition) is 1. The van der Waals surface area contributed by atoms with Crippen LogP contribution >= 0.6 is 0 Å². The van der Waals surface area contributed by atoms with E-state index in [9.17, 15) is 13.2 Å². The highest BCUT2D eigenvalue weighted by molar-refractivity contribution is 5.95. The van der Waals surface area contributed by atoms with Gasteiger partial charge in [0.25, 0.3) is 0 Å². The van der Waals surface area contributed by atoms with E-state index in [0.29, 0.717) is 24.6 Å². The van der Waals surface area contributed by atoms with Crippen LogP contribution in [0, 0.1) is 0 Å². The van der Waals surface area contributed by atoms with Gasteiger partial charge in [-0.1, -0.05) is 0 Å². The molecular weight excluding hydrogens is 257 g/mol. The highest BCUT2D eigenvalue weighted by atomic mass is 19.4. The van der Waals surface area contributed by atoms with Gasteiger partial charge in [-0.2, -0.15) is 13.2 Å². The lowest BCUT2D eigenvalue weighted by Crippen LogP contribution is -2.15. The number of ether oxygens (including phenoxy) is 1. The van der Waals surface area contributed by atoms with E-state index < -0.39 is 11.7 Å². The van der Waals surface area contributed by atoms with Crippen molar-refractivity contribution in [2.45, 2.75) is 25.1 Å². The molecule has 0 aromatic heterocycles. The van der Waals surface area contributed by atoms with Crippen molar-refractivity contribution in [1.82, 2.24) is 0 Å². The molecule has 19 heavy (non-hydrogen) atoms. The van der Waals surface area contributed by atoms with Gasteiger partial charge in [0.15, 0.2) is 0 Å². The molecule has 104 valence electrons. The number of alkyl halides is 3. The minimum atomic E-state index is -4.32. The second-order valence-electron chi connectivity index (χ2n) is 4.39. The number of benzene rings is 1. The Morgan fingerprint density at radius 2 is 1.95 bits per heavy atom. The normalized spacial score (nSPS) is 19.2. The molecule has 0 saturated heterocycles. The summed E-state index contributed by atoms with van der Waals surface area (Å²) in [5.41, 5.74) is 5.31. The number of halogens is 3. The molecular formula is C13H15F3N2O. The molecule has 2 N–H and O–H groups in total. The Kier molecular flexibility index (Phi) is 4.09. The molecule has 0 fully saturated rings. The summed E-state index contributed by atoms with van der Waals surface area (Å²) in [4.78, 5) is 4.20. The van der Waals surface area contributed by atoms with Crippen LogP contribution in [0.25, 0.3) is 0 Å². The van der Waals surface area contributed by atoms with Gasteiger partial charge in [-0.3, -0.25) is 0 Å². The molecule has 1 aliphatic rings. The first-order valence-corrected chi connectivity index (χ1v) is 6.09. The van der Waals surface area contributed by atoms with E-state index >= 15 is 0 Å². The van der Waals surface area contributed by atoms with Crippen LogP contribution in [0.2, 0.25) is 0 Å². The second-order valence-corrected chi connectivity index (χ2v) is 4.39. The molecule has 0 bridgehead atoms. The van der Waals surface area contributed by atoms with Gasteiger partial charge in [-0.25, -0.2) is 4.99 Å². The van der Waals surface area contributed by atoms with Crippen molar-refractivity contribution >= 4 is 5.90 Å². The third kappa shape index (κ3) is 3.47. The van der Waals surface area contributed by atoms with E-state index in [4.69, 9.17) is 10.5 Å². The summed E-state index contributed by atoms with van der Waals surface area (Å²) < 4.78 is 42.9. The van der Waals surface area contributed by atoms with E-state index in [-0.39, 0.29) is 6.10 Å². The highest BCUT2D eigenvalue weighted by Crippen LogP contribution is 2.29. The smallest absolute Gasteiger partial charge is 0.416 e. The van der Waals surface area contributed by atoms with Crippen molar-refractivity contribution < 1.29 is 17.9 Å². The molecule has 1 aliphatic heterocycles. The lowest BCUT2D eigenvalue weighted by atomic mass is 10.1. The van der Waals surface area contributed by atoms with E-state index in [1.807, 2.05) is 0 Å². The van der Waals surface area contributed by atoms with Gasteiger partial charge in [0.05, 0.1) is 12.1 Å². The van der Waals surface area contributed by atoms with Crippen LogP contribution in [0.4, 0.5) is 13.2 Å². The van der Waals surface area contributed by atoms with Gasteiger partial charge < -0.3 is 10.5 Å². The maximum atomic E-state index is 12.4. The molecule has 2 rings (SSSR count). The molecule has 1 aromatic carbocycles. The Labute approximate surface area is 109 Å². The Balaban J connectivity index is 2.00. The van der Waals surface area contributed by atoms with Crippen molar-refractivity contribution in [1.29, 1.82) is 0 Å². The summed E-state index contributed by atoms with van der Waals surface area (Å²) in [5, 5.41) is 0. The minimum Gasteiger partial charge on any atom is -0.472 e. The third-order valence-electron chi connectivity index (χ3n) is 2.91. The fourth-order valence-corrected chi connectivity index (χ4v) is 1.87. The van der Waals surface area contributed by atoms with Crippen LogP contribution in [0.5, 0.6) is 0 Å².